The number of aliphatic hydroxyl groups excluding tert-OH is 1. The summed E-state index contributed by atoms with van der Waals surface area (Å²) in [5.41, 5.74) is 3.29. The monoisotopic (exact) mass is 461 g/mol. The number of carbonyl (C=O) groups is 1. The number of nitrogens with one attached hydrogen (secondary N) is 3. The Kier molecular flexibility index (Phi) is 5.29. The highest BCUT2D eigenvalue weighted by molar-refractivity contribution is 6.01. The number of hydrogen-bond acceptors (Lipinski definition) is 7. The van der Waals surface area contributed by atoms with Crippen LogP contribution in [0.5, 0.6) is 5.75 Å². The molecular weight excluding hydrogens is 434 g/mol. The van der Waals surface area contributed by atoms with Crippen LogP contribution in [0.25, 0.3) is 27.9 Å². The van der Waals surface area contributed by atoms with Crippen LogP contribution >= 0.6 is 0 Å². The smallest absolute Gasteiger partial charge is 0.256 e. The molecule has 7 rings (SSSR count). The average molecular weight is 462 g/mol. The summed E-state index contributed by atoms with van der Waals surface area (Å²) in [5, 5.41) is 20.2. The van der Waals surface area contributed by atoms with Crippen molar-refractivity contribution in [2.75, 3.05) is 18.5 Å². The number of pyridine rings is 1. The molecule has 0 unspecified atom stereocenters. The Hall–Kier alpha value is -3.66. The summed E-state index contributed by atoms with van der Waals surface area (Å²) in [7, 11) is 0. The molecule has 34 heavy (non-hydrogen) atoms. The second-order valence-corrected chi connectivity index (χ2v) is 8.99. The van der Waals surface area contributed by atoms with E-state index in [0.717, 1.165) is 48.7 Å². The van der Waals surface area contributed by atoms with Gasteiger partial charge in [-0.2, -0.15) is 9.61 Å². The Morgan fingerprint density at radius 1 is 1.24 bits per heavy atom. The van der Waals surface area contributed by atoms with Crippen LogP contribution in [0.3, 0.4) is 0 Å². The number of hydrogen-bond donors (Lipinski definition) is 4. The van der Waals surface area contributed by atoms with Crippen LogP contribution < -0.4 is 15.4 Å². The largest absolute Gasteiger partial charge is 0.486 e. The van der Waals surface area contributed by atoms with Crippen LogP contribution in [0, 0.1) is 0 Å². The first-order valence-corrected chi connectivity index (χ1v) is 11.9. The van der Waals surface area contributed by atoms with Gasteiger partial charge in [0.2, 0.25) is 0 Å². The molecule has 10 nitrogen and oxygen atoms in total. The minimum Gasteiger partial charge on any atom is -0.486 e. The maximum atomic E-state index is 12.8. The average Bonchev–Trinajstić information content (AvgIpc) is 3.44. The Labute approximate surface area is 195 Å². The summed E-state index contributed by atoms with van der Waals surface area (Å²) in [4.78, 5) is 25.2. The molecule has 5 heterocycles. The van der Waals surface area contributed by atoms with Crippen LogP contribution in [0.4, 0.5) is 5.82 Å². The molecule has 2 saturated carbocycles. The summed E-state index contributed by atoms with van der Waals surface area (Å²) >= 11 is 0. The van der Waals surface area contributed by atoms with E-state index >= 15 is 0 Å². The lowest BCUT2D eigenvalue weighted by atomic mass is 9.93. The minimum absolute atomic E-state index is 0.0648. The molecular formula is C24H27N7O3. The van der Waals surface area contributed by atoms with Gasteiger partial charge in [-0.3, -0.25) is 4.79 Å². The van der Waals surface area contributed by atoms with Gasteiger partial charge in [0.1, 0.15) is 23.5 Å². The number of ether oxygens (including phenoxy) is 1. The zero-order valence-electron chi connectivity index (χ0n) is 18.8. The molecule has 2 aliphatic carbocycles. The molecule has 0 aromatic carbocycles. The lowest BCUT2D eigenvalue weighted by Crippen LogP contribution is -2.39. The van der Waals surface area contributed by atoms with E-state index < -0.39 is 0 Å². The summed E-state index contributed by atoms with van der Waals surface area (Å²) in [6, 6.07) is 4.12. The van der Waals surface area contributed by atoms with E-state index in [4.69, 9.17) is 14.8 Å². The van der Waals surface area contributed by atoms with Crippen LogP contribution in [0.1, 0.15) is 48.9 Å². The van der Waals surface area contributed by atoms with E-state index in [2.05, 4.69) is 25.7 Å². The molecule has 1 amide bonds. The zero-order valence-corrected chi connectivity index (χ0v) is 18.8. The van der Waals surface area contributed by atoms with Crippen molar-refractivity contribution in [3.05, 3.63) is 36.3 Å². The topological polar surface area (TPSA) is 129 Å². The molecule has 2 fully saturated rings. The van der Waals surface area contributed by atoms with Gasteiger partial charge < -0.3 is 25.5 Å². The highest BCUT2D eigenvalue weighted by Gasteiger charge is 2.28. The first-order valence-electron chi connectivity index (χ1n) is 11.9. The van der Waals surface area contributed by atoms with Gasteiger partial charge >= 0.3 is 0 Å². The molecule has 0 bridgehead atoms. The summed E-state index contributed by atoms with van der Waals surface area (Å²) in [6.45, 7) is 1.19. The lowest BCUT2D eigenvalue weighted by Gasteiger charge is -2.26. The first-order chi connectivity index (χ1) is 16.7. The Morgan fingerprint density at radius 2 is 2.06 bits per heavy atom. The van der Waals surface area contributed by atoms with Crippen molar-refractivity contribution in [2.45, 2.75) is 50.7 Å². The van der Waals surface area contributed by atoms with Crippen LogP contribution in [0.2, 0.25) is 0 Å². The number of rotatable bonds is 3. The van der Waals surface area contributed by atoms with Gasteiger partial charge in [-0.1, -0.05) is 0 Å². The SMILES string of the molecule is O=C(NC1CCC1)c1cnn2c3c(c(-c4c[nH]c5ncccc45)nc12)OCCN3.OC1CCC1. The normalized spacial score (nSPS) is 17.6. The third kappa shape index (κ3) is 3.63. The van der Waals surface area contributed by atoms with Gasteiger partial charge in [-0.05, 0) is 50.7 Å². The number of fused-ring (bicyclic) bond motifs is 4. The van der Waals surface area contributed by atoms with Gasteiger partial charge in [-0.25, -0.2) is 9.97 Å². The number of H-pyrrole nitrogens is 1. The summed E-state index contributed by atoms with van der Waals surface area (Å²) in [5.74, 6) is 1.19. The second kappa shape index (κ2) is 8.60. The quantitative estimate of drug-likeness (QED) is 0.369. The second-order valence-electron chi connectivity index (χ2n) is 8.99. The molecule has 0 saturated heterocycles. The van der Waals surface area contributed by atoms with Crippen molar-refractivity contribution in [1.29, 1.82) is 0 Å². The third-order valence-corrected chi connectivity index (χ3v) is 6.71. The van der Waals surface area contributed by atoms with E-state index in [0.29, 0.717) is 41.6 Å². The zero-order chi connectivity index (χ0) is 23.1. The maximum Gasteiger partial charge on any atom is 0.256 e. The van der Waals surface area contributed by atoms with Gasteiger partial charge in [0.15, 0.2) is 17.2 Å². The van der Waals surface area contributed by atoms with Crippen LogP contribution in [-0.4, -0.2) is 60.9 Å². The molecule has 4 aromatic heterocycles. The number of aromatic nitrogens is 5. The number of amides is 1. The molecule has 0 radical (unpaired) electrons. The first kappa shape index (κ1) is 20.9. The molecule has 3 aliphatic rings. The number of nitrogens with zero attached hydrogens (tertiary/aromatic N) is 4. The molecule has 10 heteroatoms. The number of anilines is 1. The van der Waals surface area contributed by atoms with Crippen LogP contribution in [0.15, 0.2) is 30.7 Å². The van der Waals surface area contributed by atoms with E-state index in [-0.39, 0.29) is 18.1 Å². The summed E-state index contributed by atoms with van der Waals surface area (Å²) < 4.78 is 7.63. The highest BCUT2D eigenvalue weighted by atomic mass is 16.5. The van der Waals surface area contributed by atoms with Crippen molar-refractivity contribution < 1.29 is 14.6 Å². The minimum atomic E-state index is -0.138. The van der Waals surface area contributed by atoms with Crippen molar-refractivity contribution in [2.24, 2.45) is 0 Å². The number of aromatic amines is 1. The number of carbonyl (C=O) groups excluding carboxylic acids is 1. The molecule has 4 N–H and O–H groups in total. The Balaban J connectivity index is 0.000000388. The lowest BCUT2D eigenvalue weighted by molar-refractivity contribution is 0.0917. The third-order valence-electron chi connectivity index (χ3n) is 6.71. The van der Waals surface area contributed by atoms with E-state index in [1.54, 1.807) is 16.9 Å². The molecule has 0 spiro atoms. The molecule has 4 aromatic rings. The van der Waals surface area contributed by atoms with E-state index in [1.807, 2.05) is 18.3 Å². The highest BCUT2D eigenvalue weighted by Crippen LogP contribution is 2.40. The van der Waals surface area contributed by atoms with Gasteiger partial charge in [0, 0.05) is 29.4 Å². The number of aliphatic hydroxyl groups is 1. The maximum absolute atomic E-state index is 12.8. The fourth-order valence-corrected chi connectivity index (χ4v) is 4.29. The van der Waals surface area contributed by atoms with E-state index in [9.17, 15) is 4.79 Å². The molecule has 0 atom stereocenters. The Bertz CT molecular complexity index is 1350. The molecule has 176 valence electrons. The van der Waals surface area contributed by atoms with Crippen LogP contribution in [-0.2, 0) is 0 Å². The predicted molar refractivity (Wildman–Crippen MR) is 127 cm³/mol. The van der Waals surface area contributed by atoms with Gasteiger partial charge in [-0.15, -0.1) is 0 Å². The summed E-state index contributed by atoms with van der Waals surface area (Å²) in [6.07, 6.45) is 11.8. The van der Waals surface area contributed by atoms with Crippen molar-refractivity contribution >= 4 is 28.4 Å². The van der Waals surface area contributed by atoms with E-state index in [1.165, 1.54) is 6.42 Å². The van der Waals surface area contributed by atoms with Crippen molar-refractivity contribution in [3.63, 3.8) is 0 Å². The predicted octanol–water partition coefficient (Wildman–Crippen LogP) is 2.89. The van der Waals surface area contributed by atoms with Gasteiger partial charge in [0.05, 0.1) is 18.8 Å². The van der Waals surface area contributed by atoms with Gasteiger partial charge in [0.25, 0.3) is 5.91 Å². The van der Waals surface area contributed by atoms with Crippen molar-refractivity contribution in [1.82, 2.24) is 29.9 Å². The Morgan fingerprint density at radius 3 is 2.79 bits per heavy atom. The standard InChI is InChI=1S/C20H19N7O2.C4H8O/c28-20(25-11-3-1-4-11)14-10-24-27-18(14)26-15(16-19(27)22-7-8-29-16)13-9-23-17-12(13)5-2-6-21-17;5-4-2-1-3-4/h2,5-6,9-11,22H,1,3-4,7-8H2,(H,21,23)(H,25,28);4-5H,1-3H2. The fourth-order valence-electron chi connectivity index (χ4n) is 4.29. The fraction of sp³-hybridized carbons (Fsp3) is 0.417. The molecule has 1 aliphatic heterocycles. The van der Waals surface area contributed by atoms with Crippen molar-refractivity contribution in [3.8, 4) is 17.0 Å².